The number of quaternary nitrogens is 1. The predicted octanol–water partition coefficient (Wildman–Crippen LogP) is 2.80. The van der Waals surface area contributed by atoms with Crippen molar-refractivity contribution >= 4 is 0 Å². The lowest BCUT2D eigenvalue weighted by atomic mass is 9.90. The lowest BCUT2D eigenvalue weighted by Gasteiger charge is -2.35. The molecule has 0 aliphatic heterocycles. The molecule has 0 bridgehead atoms. The average molecular weight is 216 g/mol. The molecule has 2 heteroatoms. The van der Waals surface area contributed by atoms with Gasteiger partial charge in [-0.1, -0.05) is 39.5 Å². The molecule has 92 valence electrons. The van der Waals surface area contributed by atoms with E-state index in [-0.39, 0.29) is 0 Å². The molecule has 0 fully saturated rings. The fraction of sp³-hybridized carbons (Fsp3) is 1.00. The summed E-state index contributed by atoms with van der Waals surface area (Å²) in [5.41, 5.74) is -0.440. The third-order valence-corrected chi connectivity index (χ3v) is 2.76. The largest absolute Gasteiger partial charge is 0.384 e. The summed E-state index contributed by atoms with van der Waals surface area (Å²) in [7, 11) is 6.47. The third kappa shape index (κ3) is 7.80. The first-order valence-electron chi connectivity index (χ1n) is 6.36. The minimum Gasteiger partial charge on any atom is -0.384 e. The van der Waals surface area contributed by atoms with Gasteiger partial charge in [-0.15, -0.1) is 0 Å². The molecule has 0 spiro atoms. The summed E-state index contributed by atoms with van der Waals surface area (Å²) in [4.78, 5) is 0. The highest BCUT2D eigenvalue weighted by Gasteiger charge is 2.31. The van der Waals surface area contributed by atoms with E-state index in [0.717, 1.165) is 36.7 Å². The van der Waals surface area contributed by atoms with E-state index in [4.69, 9.17) is 0 Å². The van der Waals surface area contributed by atoms with Crippen molar-refractivity contribution in [3.63, 3.8) is 0 Å². The Kier molecular flexibility index (Phi) is 6.46. The van der Waals surface area contributed by atoms with Crippen molar-refractivity contribution in [3.05, 3.63) is 0 Å². The zero-order valence-corrected chi connectivity index (χ0v) is 11.3. The molecule has 0 aromatic rings. The highest BCUT2D eigenvalue weighted by molar-refractivity contribution is 4.77. The summed E-state index contributed by atoms with van der Waals surface area (Å²) in [5, 5.41) is 10.6. The lowest BCUT2D eigenvalue weighted by Crippen LogP contribution is -2.49. The lowest BCUT2D eigenvalue weighted by molar-refractivity contribution is -0.877. The molecule has 15 heavy (non-hydrogen) atoms. The number of likely N-dealkylation sites (N-methyl/N-ethyl adjacent to an activating group) is 1. The molecule has 0 saturated carbocycles. The van der Waals surface area contributed by atoms with Crippen LogP contribution in [-0.2, 0) is 0 Å². The predicted molar refractivity (Wildman–Crippen MR) is 66.9 cm³/mol. The van der Waals surface area contributed by atoms with Gasteiger partial charge in [-0.2, -0.15) is 0 Å². The van der Waals surface area contributed by atoms with Crippen molar-refractivity contribution in [3.8, 4) is 0 Å². The molecule has 0 amide bonds. The number of hydrogen-bond acceptors (Lipinski definition) is 1. The molecule has 0 aromatic heterocycles. The Morgan fingerprint density at radius 1 is 0.933 bits per heavy atom. The van der Waals surface area contributed by atoms with E-state index in [1.165, 1.54) is 12.8 Å². The molecule has 0 aliphatic rings. The maximum atomic E-state index is 10.6. The van der Waals surface area contributed by atoms with E-state index in [1.807, 2.05) is 0 Å². The second-order valence-electron chi connectivity index (χ2n) is 5.88. The molecular weight excluding hydrogens is 186 g/mol. The van der Waals surface area contributed by atoms with Crippen LogP contribution >= 0.6 is 0 Å². The summed E-state index contributed by atoms with van der Waals surface area (Å²) >= 11 is 0. The molecule has 0 unspecified atom stereocenters. The molecule has 0 atom stereocenters. The van der Waals surface area contributed by atoms with Crippen molar-refractivity contribution in [2.45, 2.75) is 58.0 Å². The van der Waals surface area contributed by atoms with Gasteiger partial charge in [-0.05, 0) is 12.8 Å². The van der Waals surface area contributed by atoms with Gasteiger partial charge in [0, 0.05) is 0 Å². The topological polar surface area (TPSA) is 20.2 Å². The van der Waals surface area contributed by atoms with Gasteiger partial charge in [0.1, 0.15) is 12.1 Å². The van der Waals surface area contributed by atoms with Crippen LogP contribution < -0.4 is 0 Å². The first-order chi connectivity index (χ1) is 6.83. The summed E-state index contributed by atoms with van der Waals surface area (Å²) in [5.74, 6) is 0. The van der Waals surface area contributed by atoms with Crippen LogP contribution in [0.3, 0.4) is 0 Å². The number of nitrogens with zero attached hydrogens (tertiary/aromatic N) is 1. The first-order valence-corrected chi connectivity index (χ1v) is 6.36. The smallest absolute Gasteiger partial charge is 0.113 e. The Labute approximate surface area is 95.9 Å². The second kappa shape index (κ2) is 6.49. The minimum atomic E-state index is -0.440. The summed E-state index contributed by atoms with van der Waals surface area (Å²) in [6.07, 6.45) is 6.54. The molecule has 0 aliphatic carbocycles. The maximum Gasteiger partial charge on any atom is 0.113 e. The van der Waals surface area contributed by atoms with Crippen molar-refractivity contribution in [1.29, 1.82) is 0 Å². The highest BCUT2D eigenvalue weighted by Crippen LogP contribution is 2.23. The molecule has 1 N–H and O–H groups in total. The molecule has 2 nitrogen and oxygen atoms in total. The summed E-state index contributed by atoms with van der Waals surface area (Å²) in [6.45, 7) is 5.24. The minimum absolute atomic E-state index is 0.440. The fourth-order valence-corrected chi connectivity index (χ4v) is 2.18. The van der Waals surface area contributed by atoms with Crippen LogP contribution in [0.5, 0.6) is 0 Å². The van der Waals surface area contributed by atoms with Crippen molar-refractivity contribution in [2.24, 2.45) is 0 Å². The quantitative estimate of drug-likeness (QED) is 0.619. The highest BCUT2D eigenvalue weighted by atomic mass is 16.3. The van der Waals surface area contributed by atoms with Gasteiger partial charge in [0.2, 0.25) is 0 Å². The second-order valence-corrected chi connectivity index (χ2v) is 5.88. The number of aliphatic hydroxyl groups is 1. The van der Waals surface area contributed by atoms with Gasteiger partial charge < -0.3 is 9.59 Å². The van der Waals surface area contributed by atoms with Gasteiger partial charge >= 0.3 is 0 Å². The van der Waals surface area contributed by atoms with E-state index < -0.39 is 5.60 Å². The van der Waals surface area contributed by atoms with Crippen LogP contribution in [0.25, 0.3) is 0 Å². The first kappa shape index (κ1) is 14.9. The Morgan fingerprint density at radius 2 is 1.33 bits per heavy atom. The van der Waals surface area contributed by atoms with Gasteiger partial charge in [-0.3, -0.25) is 0 Å². The zero-order valence-electron chi connectivity index (χ0n) is 11.3. The van der Waals surface area contributed by atoms with Gasteiger partial charge in [-0.25, -0.2) is 0 Å². The van der Waals surface area contributed by atoms with Crippen LogP contribution in [-0.4, -0.2) is 42.9 Å². The summed E-state index contributed by atoms with van der Waals surface area (Å²) in [6, 6.07) is 0. The fourth-order valence-electron chi connectivity index (χ4n) is 2.18. The SMILES string of the molecule is CCCCC(O)(CCCC)C[N+](C)(C)C. The Hall–Kier alpha value is -0.0800. The van der Waals surface area contributed by atoms with Crippen molar-refractivity contribution < 1.29 is 9.59 Å². The van der Waals surface area contributed by atoms with Crippen LogP contribution in [0, 0.1) is 0 Å². The van der Waals surface area contributed by atoms with E-state index >= 15 is 0 Å². The van der Waals surface area contributed by atoms with E-state index in [0.29, 0.717) is 0 Å². The monoisotopic (exact) mass is 216 g/mol. The van der Waals surface area contributed by atoms with E-state index in [9.17, 15) is 5.11 Å². The van der Waals surface area contributed by atoms with Crippen LogP contribution in [0.2, 0.25) is 0 Å². The van der Waals surface area contributed by atoms with E-state index in [2.05, 4.69) is 35.0 Å². The number of unbranched alkanes of at least 4 members (excludes halogenated alkanes) is 2. The number of rotatable bonds is 8. The Balaban J connectivity index is 4.26. The molecule has 0 radical (unpaired) electrons. The van der Waals surface area contributed by atoms with Crippen molar-refractivity contribution in [1.82, 2.24) is 0 Å². The van der Waals surface area contributed by atoms with Gasteiger partial charge in [0.25, 0.3) is 0 Å². The maximum absolute atomic E-state index is 10.6. The molecule has 0 rings (SSSR count). The number of hydrogen-bond donors (Lipinski definition) is 1. The molecular formula is C13H30NO+. The average Bonchev–Trinajstić information content (AvgIpc) is 2.09. The van der Waals surface area contributed by atoms with Gasteiger partial charge in [0.15, 0.2) is 0 Å². The standard InChI is InChI=1S/C13H30NO/c1-6-8-10-13(15,11-9-7-2)12-14(3,4)5/h15H,6-12H2,1-5H3/q+1. The van der Waals surface area contributed by atoms with Gasteiger partial charge in [0.05, 0.1) is 21.1 Å². The Bertz CT molecular complexity index is 152. The summed E-state index contributed by atoms with van der Waals surface area (Å²) < 4.78 is 0.851. The zero-order chi connectivity index (χ0) is 11.9. The van der Waals surface area contributed by atoms with Crippen LogP contribution in [0.15, 0.2) is 0 Å². The van der Waals surface area contributed by atoms with Crippen LogP contribution in [0.4, 0.5) is 0 Å². The van der Waals surface area contributed by atoms with Crippen LogP contribution in [0.1, 0.15) is 52.4 Å². The normalized spacial score (nSPS) is 13.2. The van der Waals surface area contributed by atoms with Crippen molar-refractivity contribution in [2.75, 3.05) is 27.7 Å². The Morgan fingerprint density at radius 3 is 1.60 bits per heavy atom. The van der Waals surface area contributed by atoms with E-state index in [1.54, 1.807) is 0 Å². The molecule has 0 saturated heterocycles. The molecule has 0 aromatic carbocycles. The molecule has 0 heterocycles. The third-order valence-electron chi connectivity index (χ3n) is 2.76.